The third kappa shape index (κ3) is 5.47. The summed E-state index contributed by atoms with van der Waals surface area (Å²) in [6.07, 6.45) is 1.74. The topological polar surface area (TPSA) is 75.3 Å². The maximum absolute atomic E-state index is 12.0. The molecular formula is C15H24N2O3S. The third-order valence-corrected chi connectivity index (χ3v) is 4.40. The summed E-state index contributed by atoms with van der Waals surface area (Å²) in [5, 5.41) is 2.76. The highest BCUT2D eigenvalue weighted by atomic mass is 32.2. The maximum Gasteiger partial charge on any atom is 0.240 e. The zero-order valence-electron chi connectivity index (χ0n) is 13.1. The predicted octanol–water partition coefficient (Wildman–Crippen LogP) is 2.75. The first-order valence-corrected chi connectivity index (χ1v) is 8.56. The van der Waals surface area contributed by atoms with Crippen LogP contribution in [0.3, 0.4) is 0 Å². The van der Waals surface area contributed by atoms with Crippen molar-refractivity contribution in [1.82, 2.24) is 4.72 Å². The lowest BCUT2D eigenvalue weighted by atomic mass is 9.95. The molecule has 118 valence electrons. The van der Waals surface area contributed by atoms with Gasteiger partial charge in [-0.3, -0.25) is 4.79 Å². The van der Waals surface area contributed by atoms with Crippen LogP contribution >= 0.6 is 0 Å². The van der Waals surface area contributed by atoms with E-state index in [1.54, 1.807) is 12.1 Å². The second kappa shape index (κ2) is 7.04. The van der Waals surface area contributed by atoms with Gasteiger partial charge < -0.3 is 5.32 Å². The molecule has 0 atom stereocenters. The number of carbonyl (C=O) groups is 1. The molecule has 0 bridgehead atoms. The first-order valence-electron chi connectivity index (χ1n) is 7.08. The number of unbranched alkanes of at least 4 members (excludes halogenated alkanes) is 1. The molecule has 1 rings (SSSR count). The van der Waals surface area contributed by atoms with Crippen LogP contribution in [-0.4, -0.2) is 20.9 Å². The maximum atomic E-state index is 12.0. The summed E-state index contributed by atoms with van der Waals surface area (Å²) in [5.41, 5.74) is 0.0920. The van der Waals surface area contributed by atoms with Gasteiger partial charge in [0, 0.05) is 17.6 Å². The number of carbonyl (C=O) groups excluding carboxylic acids is 1. The van der Waals surface area contributed by atoms with Crippen molar-refractivity contribution in [2.45, 2.75) is 45.4 Å². The van der Waals surface area contributed by atoms with Crippen molar-refractivity contribution in [2.75, 3.05) is 11.9 Å². The van der Waals surface area contributed by atoms with Crippen LogP contribution in [0.25, 0.3) is 0 Å². The molecule has 1 aromatic rings. The van der Waals surface area contributed by atoms with Crippen LogP contribution in [-0.2, 0) is 14.8 Å². The van der Waals surface area contributed by atoms with E-state index in [1.807, 2.05) is 27.7 Å². The van der Waals surface area contributed by atoms with Crippen molar-refractivity contribution >= 4 is 21.6 Å². The monoisotopic (exact) mass is 312 g/mol. The van der Waals surface area contributed by atoms with Crippen LogP contribution in [0.2, 0.25) is 0 Å². The van der Waals surface area contributed by atoms with Crippen LogP contribution in [0.1, 0.15) is 40.5 Å². The fraction of sp³-hybridized carbons (Fsp3) is 0.533. The number of sulfonamides is 1. The van der Waals surface area contributed by atoms with Crippen molar-refractivity contribution in [3.63, 3.8) is 0 Å². The number of hydrogen-bond acceptors (Lipinski definition) is 3. The lowest BCUT2D eigenvalue weighted by Crippen LogP contribution is -2.27. The number of rotatable bonds is 6. The predicted molar refractivity (Wildman–Crippen MR) is 84.6 cm³/mol. The minimum Gasteiger partial charge on any atom is -0.326 e. The van der Waals surface area contributed by atoms with Gasteiger partial charge in [0.1, 0.15) is 0 Å². The average Bonchev–Trinajstić information content (AvgIpc) is 2.38. The van der Waals surface area contributed by atoms with Crippen molar-refractivity contribution in [3.05, 3.63) is 24.3 Å². The summed E-state index contributed by atoms with van der Waals surface area (Å²) in [6.45, 7) is 7.89. The number of benzene rings is 1. The first-order chi connectivity index (χ1) is 9.66. The molecule has 1 aromatic carbocycles. The Labute approximate surface area is 127 Å². The van der Waals surface area contributed by atoms with Gasteiger partial charge in [-0.2, -0.15) is 0 Å². The fourth-order valence-corrected chi connectivity index (χ4v) is 2.58. The zero-order valence-corrected chi connectivity index (χ0v) is 13.9. The van der Waals surface area contributed by atoms with E-state index in [-0.39, 0.29) is 10.8 Å². The molecule has 0 aromatic heterocycles. The molecule has 2 N–H and O–H groups in total. The summed E-state index contributed by atoms with van der Waals surface area (Å²) in [6, 6.07) is 6.18. The molecule has 0 unspecified atom stereocenters. The Bertz CT molecular complexity index is 572. The molecule has 0 fully saturated rings. The molecule has 0 saturated heterocycles. The summed E-state index contributed by atoms with van der Waals surface area (Å²) in [7, 11) is -3.47. The molecule has 0 radical (unpaired) electrons. The Hall–Kier alpha value is -1.40. The average molecular weight is 312 g/mol. The lowest BCUT2D eigenvalue weighted by molar-refractivity contribution is -0.123. The molecule has 0 aliphatic rings. The van der Waals surface area contributed by atoms with Gasteiger partial charge >= 0.3 is 0 Å². The van der Waals surface area contributed by atoms with Gasteiger partial charge in [0.15, 0.2) is 0 Å². The van der Waals surface area contributed by atoms with Crippen LogP contribution < -0.4 is 10.0 Å². The fourth-order valence-electron chi connectivity index (χ4n) is 1.50. The molecule has 5 nitrogen and oxygen atoms in total. The van der Waals surface area contributed by atoms with Gasteiger partial charge in [0.05, 0.1) is 4.90 Å². The van der Waals surface area contributed by atoms with Crippen molar-refractivity contribution in [1.29, 1.82) is 0 Å². The van der Waals surface area contributed by atoms with Crippen LogP contribution in [0.5, 0.6) is 0 Å². The SMILES string of the molecule is CCCCNS(=O)(=O)c1ccc(NC(=O)C(C)(C)C)cc1. The zero-order chi connectivity index (χ0) is 16.1. The van der Waals surface area contributed by atoms with Crippen LogP contribution in [0, 0.1) is 5.41 Å². The molecule has 0 aliphatic carbocycles. The van der Waals surface area contributed by atoms with E-state index in [0.717, 1.165) is 12.8 Å². The molecule has 0 heterocycles. The molecule has 0 saturated carbocycles. The Balaban J connectivity index is 2.76. The van der Waals surface area contributed by atoms with Crippen molar-refractivity contribution < 1.29 is 13.2 Å². The van der Waals surface area contributed by atoms with Crippen LogP contribution in [0.15, 0.2) is 29.2 Å². The molecular weight excluding hydrogens is 288 g/mol. The molecule has 6 heteroatoms. The van der Waals surface area contributed by atoms with Gasteiger partial charge in [0.2, 0.25) is 15.9 Å². The number of anilines is 1. The number of nitrogens with one attached hydrogen (secondary N) is 2. The smallest absolute Gasteiger partial charge is 0.240 e. The minimum absolute atomic E-state index is 0.112. The summed E-state index contributed by atoms with van der Waals surface area (Å²) in [4.78, 5) is 12.0. The van der Waals surface area contributed by atoms with Gasteiger partial charge in [-0.15, -0.1) is 0 Å². The largest absolute Gasteiger partial charge is 0.326 e. The third-order valence-electron chi connectivity index (χ3n) is 2.93. The van der Waals surface area contributed by atoms with Gasteiger partial charge in [-0.05, 0) is 30.7 Å². The minimum atomic E-state index is -3.47. The van der Waals surface area contributed by atoms with Gasteiger partial charge in [-0.25, -0.2) is 13.1 Å². The highest BCUT2D eigenvalue weighted by Crippen LogP contribution is 2.19. The molecule has 0 spiro atoms. The van der Waals surface area contributed by atoms with E-state index < -0.39 is 15.4 Å². The second-order valence-corrected chi connectivity index (χ2v) is 7.75. The molecule has 21 heavy (non-hydrogen) atoms. The normalized spacial score (nSPS) is 12.2. The summed E-state index contributed by atoms with van der Waals surface area (Å²) >= 11 is 0. The van der Waals surface area contributed by atoms with Crippen LogP contribution in [0.4, 0.5) is 5.69 Å². The number of hydrogen-bond donors (Lipinski definition) is 2. The van der Waals surface area contributed by atoms with Crippen molar-refractivity contribution in [2.24, 2.45) is 5.41 Å². The quantitative estimate of drug-likeness (QED) is 0.793. The van der Waals surface area contributed by atoms with Gasteiger partial charge in [0.25, 0.3) is 0 Å². The summed E-state index contributed by atoms with van der Waals surface area (Å²) in [5.74, 6) is -0.112. The molecule has 0 aliphatic heterocycles. The van der Waals surface area contributed by atoms with E-state index in [1.165, 1.54) is 12.1 Å². The Morgan fingerprint density at radius 2 is 1.71 bits per heavy atom. The van der Waals surface area contributed by atoms with E-state index in [0.29, 0.717) is 12.2 Å². The van der Waals surface area contributed by atoms with E-state index in [2.05, 4.69) is 10.0 Å². The Kier molecular flexibility index (Phi) is 5.92. The standard InChI is InChI=1S/C15H24N2O3S/c1-5-6-11-16-21(19,20)13-9-7-12(8-10-13)17-14(18)15(2,3)4/h7-10,16H,5-6,11H2,1-4H3,(H,17,18). The lowest BCUT2D eigenvalue weighted by Gasteiger charge is -2.17. The van der Waals surface area contributed by atoms with Gasteiger partial charge in [-0.1, -0.05) is 34.1 Å². The van der Waals surface area contributed by atoms with Crippen molar-refractivity contribution in [3.8, 4) is 0 Å². The number of amides is 1. The highest BCUT2D eigenvalue weighted by Gasteiger charge is 2.21. The van der Waals surface area contributed by atoms with E-state index in [9.17, 15) is 13.2 Å². The second-order valence-electron chi connectivity index (χ2n) is 5.98. The van der Waals surface area contributed by atoms with E-state index >= 15 is 0 Å². The Morgan fingerprint density at radius 3 is 2.19 bits per heavy atom. The Morgan fingerprint density at radius 1 is 1.14 bits per heavy atom. The first kappa shape index (κ1) is 17.7. The molecule has 1 amide bonds. The van der Waals surface area contributed by atoms with E-state index in [4.69, 9.17) is 0 Å². The summed E-state index contributed by atoms with van der Waals surface area (Å²) < 4.78 is 26.5. The highest BCUT2D eigenvalue weighted by molar-refractivity contribution is 7.89.